The van der Waals surface area contributed by atoms with Gasteiger partial charge in [0.15, 0.2) is 0 Å². The quantitative estimate of drug-likeness (QED) is 0.493. The Bertz CT molecular complexity index is 1010. The van der Waals surface area contributed by atoms with Gasteiger partial charge in [-0.1, -0.05) is 36.8 Å². The van der Waals surface area contributed by atoms with Gasteiger partial charge in [0.1, 0.15) is 5.69 Å². The summed E-state index contributed by atoms with van der Waals surface area (Å²) in [6, 6.07) is 14.8. The zero-order chi connectivity index (χ0) is 21.8. The maximum Gasteiger partial charge on any atom is 0.293 e. The van der Waals surface area contributed by atoms with Crippen LogP contribution in [0, 0.1) is 16.0 Å². The average molecular weight is 444 g/mol. The molecule has 0 spiro atoms. The Morgan fingerprint density at radius 1 is 0.935 bits per heavy atom. The number of rotatable bonds is 6. The molecule has 0 aliphatic carbocycles. The topological polar surface area (TPSA) is 83.8 Å². The van der Waals surface area contributed by atoms with E-state index in [4.69, 9.17) is 0 Å². The SMILES string of the molecule is O=[N+]([O-])c1cc(S(=O)(=O)N2CCCCC2)ccc1N1CCC(Cc2ccccc2)CC1. The van der Waals surface area contributed by atoms with Crippen molar-refractivity contribution in [2.24, 2.45) is 5.92 Å². The van der Waals surface area contributed by atoms with Crippen molar-refractivity contribution in [3.63, 3.8) is 0 Å². The minimum absolute atomic E-state index is 0.0174. The average Bonchev–Trinajstić information content (AvgIpc) is 2.80. The van der Waals surface area contributed by atoms with Crippen molar-refractivity contribution in [3.8, 4) is 0 Å². The Hall–Kier alpha value is -2.45. The first-order chi connectivity index (χ1) is 14.9. The van der Waals surface area contributed by atoms with Crippen molar-refractivity contribution in [2.75, 3.05) is 31.1 Å². The Labute approximate surface area is 183 Å². The fourth-order valence-electron chi connectivity index (χ4n) is 4.66. The van der Waals surface area contributed by atoms with Crippen LogP contribution in [-0.2, 0) is 16.4 Å². The fourth-order valence-corrected chi connectivity index (χ4v) is 6.19. The summed E-state index contributed by atoms with van der Waals surface area (Å²) < 4.78 is 27.4. The number of anilines is 1. The lowest BCUT2D eigenvalue weighted by atomic mass is 9.90. The first-order valence-electron chi connectivity index (χ1n) is 11.0. The molecule has 0 bridgehead atoms. The second-order valence-electron chi connectivity index (χ2n) is 8.49. The summed E-state index contributed by atoms with van der Waals surface area (Å²) in [5.74, 6) is 0.552. The molecule has 2 heterocycles. The summed E-state index contributed by atoms with van der Waals surface area (Å²) in [5, 5.41) is 11.8. The van der Waals surface area contributed by atoms with Crippen molar-refractivity contribution in [3.05, 3.63) is 64.2 Å². The molecule has 0 saturated carbocycles. The Kier molecular flexibility index (Phi) is 6.57. The Morgan fingerprint density at radius 3 is 2.26 bits per heavy atom. The zero-order valence-electron chi connectivity index (χ0n) is 17.7. The van der Waals surface area contributed by atoms with Gasteiger partial charge in [-0.05, 0) is 55.7 Å². The van der Waals surface area contributed by atoms with E-state index in [-0.39, 0.29) is 10.6 Å². The molecule has 31 heavy (non-hydrogen) atoms. The maximum atomic E-state index is 13.0. The number of nitro groups is 1. The minimum Gasteiger partial charge on any atom is -0.366 e. The third-order valence-corrected chi connectivity index (χ3v) is 8.31. The van der Waals surface area contributed by atoms with Crippen LogP contribution >= 0.6 is 0 Å². The Morgan fingerprint density at radius 2 is 1.61 bits per heavy atom. The molecule has 0 aromatic heterocycles. The van der Waals surface area contributed by atoms with Gasteiger partial charge in [0.05, 0.1) is 9.82 Å². The van der Waals surface area contributed by atoms with Crippen LogP contribution in [0.1, 0.15) is 37.7 Å². The van der Waals surface area contributed by atoms with Gasteiger partial charge < -0.3 is 4.90 Å². The highest BCUT2D eigenvalue weighted by Gasteiger charge is 2.30. The van der Waals surface area contributed by atoms with Crippen molar-refractivity contribution in [2.45, 2.75) is 43.4 Å². The van der Waals surface area contributed by atoms with E-state index in [2.05, 4.69) is 12.1 Å². The third kappa shape index (κ3) is 4.91. The highest BCUT2D eigenvalue weighted by atomic mass is 32.2. The van der Waals surface area contributed by atoms with Gasteiger partial charge in [-0.15, -0.1) is 0 Å². The summed E-state index contributed by atoms with van der Waals surface area (Å²) in [7, 11) is -3.70. The van der Waals surface area contributed by atoms with Gasteiger partial charge in [-0.3, -0.25) is 10.1 Å². The maximum absolute atomic E-state index is 13.0. The van der Waals surface area contributed by atoms with Crippen LogP contribution < -0.4 is 4.90 Å². The van der Waals surface area contributed by atoms with Gasteiger partial charge in [0.2, 0.25) is 10.0 Å². The molecule has 7 nitrogen and oxygen atoms in total. The molecule has 0 amide bonds. The van der Waals surface area contributed by atoms with Crippen LogP contribution in [0.15, 0.2) is 53.4 Å². The zero-order valence-corrected chi connectivity index (χ0v) is 18.5. The molecule has 0 radical (unpaired) electrons. The molecular weight excluding hydrogens is 414 g/mol. The van der Waals surface area contributed by atoms with Crippen LogP contribution in [0.4, 0.5) is 11.4 Å². The molecular formula is C23H29N3O4S. The molecule has 0 N–H and O–H groups in total. The number of nitro benzene ring substituents is 1. The molecule has 0 atom stereocenters. The van der Waals surface area contributed by atoms with E-state index in [1.165, 1.54) is 22.0 Å². The largest absolute Gasteiger partial charge is 0.366 e. The van der Waals surface area contributed by atoms with E-state index in [0.29, 0.717) is 24.7 Å². The lowest BCUT2D eigenvalue weighted by molar-refractivity contribution is -0.384. The van der Waals surface area contributed by atoms with E-state index in [1.54, 1.807) is 6.07 Å². The minimum atomic E-state index is -3.70. The highest BCUT2D eigenvalue weighted by molar-refractivity contribution is 7.89. The van der Waals surface area contributed by atoms with Crippen molar-refractivity contribution in [1.29, 1.82) is 0 Å². The predicted molar refractivity (Wildman–Crippen MR) is 121 cm³/mol. The van der Waals surface area contributed by atoms with Crippen molar-refractivity contribution >= 4 is 21.4 Å². The van der Waals surface area contributed by atoms with Gasteiger partial charge in [0, 0.05) is 32.2 Å². The Balaban J connectivity index is 1.49. The predicted octanol–water partition coefficient (Wildman–Crippen LogP) is 4.23. The van der Waals surface area contributed by atoms with E-state index >= 15 is 0 Å². The lowest BCUT2D eigenvalue weighted by Gasteiger charge is -2.33. The van der Waals surface area contributed by atoms with E-state index in [0.717, 1.165) is 51.6 Å². The molecule has 166 valence electrons. The second-order valence-corrected chi connectivity index (χ2v) is 10.4. The lowest BCUT2D eigenvalue weighted by Crippen LogP contribution is -2.36. The van der Waals surface area contributed by atoms with Crippen LogP contribution in [0.25, 0.3) is 0 Å². The van der Waals surface area contributed by atoms with Crippen molar-refractivity contribution < 1.29 is 13.3 Å². The first kappa shape index (κ1) is 21.8. The molecule has 2 aliphatic heterocycles. The summed E-state index contributed by atoms with van der Waals surface area (Å²) >= 11 is 0. The van der Waals surface area contributed by atoms with Gasteiger partial charge in [-0.2, -0.15) is 4.31 Å². The molecule has 8 heteroatoms. The molecule has 0 unspecified atom stereocenters. The van der Waals surface area contributed by atoms with Crippen LogP contribution in [-0.4, -0.2) is 43.8 Å². The number of nitrogens with zero attached hydrogens (tertiary/aromatic N) is 3. The highest BCUT2D eigenvalue weighted by Crippen LogP contribution is 2.35. The molecule has 2 aliphatic rings. The number of hydrogen-bond acceptors (Lipinski definition) is 5. The van der Waals surface area contributed by atoms with Crippen LogP contribution in [0.3, 0.4) is 0 Å². The van der Waals surface area contributed by atoms with Gasteiger partial charge in [0.25, 0.3) is 5.69 Å². The second kappa shape index (κ2) is 9.36. The molecule has 2 aromatic carbocycles. The number of hydrogen-bond donors (Lipinski definition) is 0. The van der Waals surface area contributed by atoms with E-state index in [9.17, 15) is 18.5 Å². The molecule has 4 rings (SSSR count). The smallest absolute Gasteiger partial charge is 0.293 e. The van der Waals surface area contributed by atoms with Crippen molar-refractivity contribution in [1.82, 2.24) is 4.31 Å². The van der Waals surface area contributed by atoms with E-state index < -0.39 is 14.9 Å². The molecule has 2 aromatic rings. The normalized spacial score (nSPS) is 18.8. The summed E-state index contributed by atoms with van der Waals surface area (Å²) in [6.45, 7) is 2.42. The summed E-state index contributed by atoms with van der Waals surface area (Å²) in [4.78, 5) is 13.4. The number of benzene rings is 2. The summed E-state index contributed by atoms with van der Waals surface area (Å²) in [6.07, 6.45) is 5.61. The molecule has 2 saturated heterocycles. The monoisotopic (exact) mass is 443 g/mol. The van der Waals surface area contributed by atoms with Gasteiger partial charge in [-0.25, -0.2) is 8.42 Å². The number of sulfonamides is 1. The van der Waals surface area contributed by atoms with Gasteiger partial charge >= 0.3 is 0 Å². The van der Waals surface area contributed by atoms with Crippen LogP contribution in [0.5, 0.6) is 0 Å². The first-order valence-corrected chi connectivity index (χ1v) is 12.5. The fraction of sp³-hybridized carbons (Fsp3) is 0.478. The van der Waals surface area contributed by atoms with E-state index in [1.807, 2.05) is 23.1 Å². The number of piperidine rings is 2. The summed E-state index contributed by atoms with van der Waals surface area (Å²) in [5.41, 5.74) is 1.71. The van der Waals surface area contributed by atoms with Crippen LogP contribution in [0.2, 0.25) is 0 Å². The standard InChI is InChI=1S/C23H29N3O4S/c27-26(28)23-18-21(31(29,30)25-13-5-2-6-14-25)9-10-22(23)24-15-11-20(12-16-24)17-19-7-3-1-4-8-19/h1,3-4,7-10,18,20H,2,5-6,11-17H2. The molecule has 2 fully saturated rings. The third-order valence-electron chi connectivity index (χ3n) is 6.42.